The molecule has 284 valence electrons. The molecule has 0 fully saturated rings. The van der Waals surface area contributed by atoms with E-state index in [4.69, 9.17) is 9.97 Å². The molecule has 0 unspecified atom stereocenters. The van der Waals surface area contributed by atoms with Gasteiger partial charge < -0.3 is 0 Å². The van der Waals surface area contributed by atoms with E-state index in [2.05, 4.69) is 229 Å². The van der Waals surface area contributed by atoms with Crippen molar-refractivity contribution in [2.45, 2.75) is 13.8 Å². The number of para-hydroxylation sites is 2. The largest absolute Gasteiger partial charge is 0.292 e. The van der Waals surface area contributed by atoms with E-state index >= 15 is 0 Å². The van der Waals surface area contributed by atoms with Gasteiger partial charge in [-0.15, -0.1) is 0 Å². The first-order valence-corrected chi connectivity index (χ1v) is 20.5. The first-order valence-electron chi connectivity index (χ1n) is 20.5. The molecule has 2 heterocycles. The molecule has 0 amide bonds. The molecule has 0 aliphatic rings. The second-order valence-electron chi connectivity index (χ2n) is 15.5. The Bertz CT molecular complexity index is 3290. The normalized spacial score (nSPS) is 11.5. The van der Waals surface area contributed by atoms with Crippen LogP contribution >= 0.6 is 0 Å². The molecule has 0 saturated carbocycles. The Morgan fingerprint density at radius 2 is 0.567 bits per heavy atom. The second kappa shape index (κ2) is 14.5. The molecular weight excluding hydrogens is 729 g/mol. The number of aromatic nitrogens is 4. The van der Waals surface area contributed by atoms with Crippen LogP contribution in [0.2, 0.25) is 0 Å². The van der Waals surface area contributed by atoms with Crippen molar-refractivity contribution in [3.05, 3.63) is 217 Å². The monoisotopic (exact) mass is 768 g/mol. The van der Waals surface area contributed by atoms with Crippen LogP contribution in [0, 0.1) is 13.8 Å². The van der Waals surface area contributed by atoms with Gasteiger partial charge in [0.15, 0.2) is 0 Å². The first-order chi connectivity index (χ1) is 29.6. The summed E-state index contributed by atoms with van der Waals surface area (Å²) in [5.41, 5.74) is 11.4. The highest BCUT2D eigenvalue weighted by Crippen LogP contribution is 2.41. The van der Waals surface area contributed by atoms with Gasteiger partial charge in [-0.3, -0.25) is 9.13 Å². The van der Waals surface area contributed by atoms with Crippen LogP contribution in [0.1, 0.15) is 11.1 Å². The molecule has 4 nitrogen and oxygen atoms in total. The average molecular weight is 769 g/mol. The van der Waals surface area contributed by atoms with Crippen molar-refractivity contribution in [2.75, 3.05) is 0 Å². The summed E-state index contributed by atoms with van der Waals surface area (Å²) >= 11 is 0. The van der Waals surface area contributed by atoms with E-state index in [1.54, 1.807) is 0 Å². The van der Waals surface area contributed by atoms with E-state index in [9.17, 15) is 0 Å². The van der Waals surface area contributed by atoms with Crippen LogP contribution in [0.4, 0.5) is 0 Å². The maximum absolute atomic E-state index is 5.23. The third kappa shape index (κ3) is 5.84. The third-order valence-electron chi connectivity index (χ3n) is 11.7. The fourth-order valence-corrected chi connectivity index (χ4v) is 8.86. The number of imidazole rings is 2. The summed E-state index contributed by atoms with van der Waals surface area (Å²) in [7, 11) is 0. The van der Waals surface area contributed by atoms with Gasteiger partial charge in [0.2, 0.25) is 0 Å². The van der Waals surface area contributed by atoms with Gasteiger partial charge in [0.1, 0.15) is 11.6 Å². The Hall–Kier alpha value is -7.82. The molecule has 12 rings (SSSR count). The van der Waals surface area contributed by atoms with Gasteiger partial charge in [-0.1, -0.05) is 193 Å². The van der Waals surface area contributed by atoms with Crippen molar-refractivity contribution in [1.29, 1.82) is 0 Å². The zero-order valence-corrected chi connectivity index (χ0v) is 33.4. The lowest BCUT2D eigenvalue weighted by Gasteiger charge is -2.12. The highest BCUT2D eigenvalue weighted by Gasteiger charge is 2.21. The minimum Gasteiger partial charge on any atom is -0.292 e. The number of fused-ring (bicyclic) bond motifs is 12. The van der Waals surface area contributed by atoms with E-state index in [1.807, 2.05) is 0 Å². The van der Waals surface area contributed by atoms with Gasteiger partial charge in [0, 0.05) is 44.0 Å². The molecule has 0 aliphatic carbocycles. The molecule has 60 heavy (non-hydrogen) atoms. The molecule has 0 radical (unpaired) electrons. The highest BCUT2D eigenvalue weighted by molar-refractivity contribution is 6.25. The number of benzene rings is 10. The van der Waals surface area contributed by atoms with Crippen molar-refractivity contribution in [3.8, 4) is 34.2 Å². The van der Waals surface area contributed by atoms with Gasteiger partial charge in [-0.05, 0) is 59.7 Å². The van der Waals surface area contributed by atoms with Gasteiger partial charge in [0.05, 0.1) is 22.1 Å². The number of hydrogen-bond acceptors (Lipinski definition) is 2. The Balaban J connectivity index is 0.000000136. The third-order valence-corrected chi connectivity index (χ3v) is 11.7. The topological polar surface area (TPSA) is 35.6 Å². The predicted octanol–water partition coefficient (Wildman–Crippen LogP) is 14.6. The van der Waals surface area contributed by atoms with Crippen molar-refractivity contribution >= 4 is 65.2 Å². The van der Waals surface area contributed by atoms with E-state index < -0.39 is 0 Å². The summed E-state index contributed by atoms with van der Waals surface area (Å²) in [5.74, 6) is 1.94. The number of nitrogens with zero attached hydrogens (tertiary/aromatic N) is 4. The van der Waals surface area contributed by atoms with Crippen molar-refractivity contribution in [3.63, 3.8) is 0 Å². The summed E-state index contributed by atoms with van der Waals surface area (Å²) < 4.78 is 4.63. The van der Waals surface area contributed by atoms with Gasteiger partial charge in [-0.25, -0.2) is 9.97 Å². The lowest BCUT2D eigenvalue weighted by molar-refractivity contribution is 1.11. The van der Waals surface area contributed by atoms with Gasteiger partial charge in [0.25, 0.3) is 0 Å². The van der Waals surface area contributed by atoms with E-state index in [1.165, 1.54) is 54.2 Å². The Morgan fingerprint density at radius 1 is 0.283 bits per heavy atom. The maximum Gasteiger partial charge on any atom is 0.145 e. The smallest absolute Gasteiger partial charge is 0.145 e. The Labute approximate surface area is 348 Å². The van der Waals surface area contributed by atoms with Gasteiger partial charge in [-0.2, -0.15) is 0 Å². The van der Waals surface area contributed by atoms with Crippen LogP contribution in [0.3, 0.4) is 0 Å². The zero-order chi connectivity index (χ0) is 40.2. The zero-order valence-electron chi connectivity index (χ0n) is 33.4. The van der Waals surface area contributed by atoms with Crippen LogP contribution in [0.25, 0.3) is 99.3 Å². The van der Waals surface area contributed by atoms with Crippen LogP contribution in [-0.4, -0.2) is 19.1 Å². The van der Waals surface area contributed by atoms with Gasteiger partial charge >= 0.3 is 0 Å². The van der Waals surface area contributed by atoms with Crippen molar-refractivity contribution in [1.82, 2.24) is 19.1 Å². The lowest BCUT2D eigenvalue weighted by atomic mass is 10.00. The Kier molecular flexibility index (Phi) is 8.56. The molecule has 0 bridgehead atoms. The summed E-state index contributed by atoms with van der Waals surface area (Å²) in [6.07, 6.45) is 0. The van der Waals surface area contributed by atoms with E-state index in [0.29, 0.717) is 0 Å². The standard InChI is InChI=1S/2C28H20N2/c2*1-19-15-17-20(18-16-19)28-29-26-24-13-7-5-11-22(24)23-12-6-8-14-25(23)27(26)30(28)21-9-3-2-4-10-21/h2*2-18H,1H3. The second-order valence-corrected chi connectivity index (χ2v) is 15.5. The quantitative estimate of drug-likeness (QED) is 0.167. The molecule has 4 heteroatoms. The summed E-state index contributed by atoms with van der Waals surface area (Å²) in [5, 5.41) is 9.83. The molecule has 0 N–H and O–H groups in total. The average Bonchev–Trinajstić information content (AvgIpc) is 3.92. The van der Waals surface area contributed by atoms with E-state index in [-0.39, 0.29) is 0 Å². The summed E-state index contributed by atoms with van der Waals surface area (Å²) in [6.45, 7) is 4.23. The Morgan fingerprint density at radius 3 is 0.917 bits per heavy atom. The number of aryl methyl sites for hydroxylation is 2. The first kappa shape index (κ1) is 35.4. The molecule has 0 spiro atoms. The molecule has 2 aromatic heterocycles. The van der Waals surface area contributed by atoms with Crippen LogP contribution in [0.5, 0.6) is 0 Å². The molecule has 0 atom stereocenters. The maximum atomic E-state index is 5.23. The molecule has 12 aromatic rings. The molecule has 10 aromatic carbocycles. The SMILES string of the molecule is Cc1ccc(-c2nc3c4ccccc4c4ccccc4c3n2-c2ccccc2)cc1.Cc1ccc(-c2nc3c4ccccc4c4ccccc4c3n2-c2ccccc2)cc1. The fourth-order valence-electron chi connectivity index (χ4n) is 8.86. The number of hydrogen-bond donors (Lipinski definition) is 0. The predicted molar refractivity (Wildman–Crippen MR) is 253 cm³/mol. The fraction of sp³-hybridized carbons (Fsp3) is 0.0357. The van der Waals surface area contributed by atoms with E-state index in [0.717, 1.165) is 56.2 Å². The van der Waals surface area contributed by atoms with Crippen LogP contribution < -0.4 is 0 Å². The molecule has 0 saturated heterocycles. The summed E-state index contributed by atoms with van der Waals surface area (Å²) in [6, 6.07) is 72.9. The summed E-state index contributed by atoms with van der Waals surface area (Å²) in [4.78, 5) is 10.5. The minimum atomic E-state index is 0.970. The van der Waals surface area contributed by atoms with Crippen molar-refractivity contribution in [2.24, 2.45) is 0 Å². The van der Waals surface area contributed by atoms with Crippen LogP contribution in [0.15, 0.2) is 206 Å². The van der Waals surface area contributed by atoms with Crippen LogP contribution in [-0.2, 0) is 0 Å². The lowest BCUT2D eigenvalue weighted by Crippen LogP contribution is -1.98. The molecule has 0 aliphatic heterocycles. The number of rotatable bonds is 4. The minimum absolute atomic E-state index is 0.970. The van der Waals surface area contributed by atoms with Crippen molar-refractivity contribution < 1.29 is 0 Å². The highest BCUT2D eigenvalue weighted by atomic mass is 15.1. The molecular formula is C56H40N4.